The minimum Gasteiger partial charge on any atom is -0.437 e. The Balaban J connectivity index is 1.61. The van der Waals surface area contributed by atoms with E-state index >= 15 is 0 Å². The first-order chi connectivity index (χ1) is 12.7. The first-order valence-corrected chi connectivity index (χ1v) is 8.84. The first kappa shape index (κ1) is 16.5. The van der Waals surface area contributed by atoms with Gasteiger partial charge in [-0.05, 0) is 42.5 Å². The van der Waals surface area contributed by atoms with Gasteiger partial charge in [0.25, 0.3) is 5.91 Å². The molecule has 0 spiro atoms. The van der Waals surface area contributed by atoms with Crippen LogP contribution in [0.15, 0.2) is 30.6 Å². The van der Waals surface area contributed by atoms with Crippen LogP contribution in [0.25, 0.3) is 11.2 Å². The van der Waals surface area contributed by atoms with E-state index in [1.165, 1.54) is 5.56 Å². The van der Waals surface area contributed by atoms with E-state index in [4.69, 9.17) is 10.5 Å². The molecular formula is C19H21N5O2. The summed E-state index contributed by atoms with van der Waals surface area (Å²) in [5.74, 6) is 0.837. The molecule has 3 aromatic rings. The Labute approximate surface area is 151 Å². The molecule has 0 bridgehead atoms. The van der Waals surface area contributed by atoms with Gasteiger partial charge in [0.1, 0.15) is 11.3 Å². The Bertz CT molecular complexity index is 966. The average Bonchev–Trinajstić information content (AvgIpc) is 3.23. The lowest BCUT2D eigenvalue weighted by Gasteiger charge is -2.09. The molecule has 134 valence electrons. The van der Waals surface area contributed by atoms with Crippen molar-refractivity contribution in [1.29, 1.82) is 0 Å². The van der Waals surface area contributed by atoms with Crippen molar-refractivity contribution in [3.05, 3.63) is 47.3 Å². The molecule has 4 rings (SSSR count). The fourth-order valence-corrected chi connectivity index (χ4v) is 3.23. The van der Waals surface area contributed by atoms with Crippen molar-refractivity contribution < 1.29 is 9.53 Å². The van der Waals surface area contributed by atoms with Crippen LogP contribution in [0.4, 0.5) is 0 Å². The summed E-state index contributed by atoms with van der Waals surface area (Å²) in [7, 11) is 0. The Morgan fingerprint density at radius 2 is 2.35 bits per heavy atom. The summed E-state index contributed by atoms with van der Waals surface area (Å²) in [4.78, 5) is 24.0. The highest BCUT2D eigenvalue weighted by Crippen LogP contribution is 2.33. The van der Waals surface area contributed by atoms with Crippen molar-refractivity contribution in [2.24, 2.45) is 5.73 Å². The van der Waals surface area contributed by atoms with Crippen LogP contribution in [0.5, 0.6) is 11.6 Å². The molecule has 0 saturated heterocycles. The number of fused-ring (bicyclic) bond motifs is 2. The fourth-order valence-electron chi connectivity index (χ4n) is 3.23. The predicted molar refractivity (Wildman–Crippen MR) is 98.3 cm³/mol. The SMILES string of the molecule is CCCNC(=O)c1c[nH]c2ncc(Oc3ccc4c(c3)[C@@H](N)CC4)nc12. The van der Waals surface area contributed by atoms with E-state index in [2.05, 4.69) is 20.3 Å². The van der Waals surface area contributed by atoms with Crippen molar-refractivity contribution >= 4 is 17.1 Å². The third kappa shape index (κ3) is 3.01. The topological polar surface area (TPSA) is 106 Å². The number of nitrogens with zero attached hydrogens (tertiary/aromatic N) is 2. The maximum atomic E-state index is 12.3. The number of amides is 1. The highest BCUT2D eigenvalue weighted by atomic mass is 16.5. The van der Waals surface area contributed by atoms with Gasteiger partial charge >= 0.3 is 0 Å². The van der Waals surface area contributed by atoms with Crippen LogP contribution in [0.1, 0.15) is 47.3 Å². The molecular weight excluding hydrogens is 330 g/mol. The van der Waals surface area contributed by atoms with Gasteiger partial charge < -0.3 is 20.8 Å². The number of nitrogens with two attached hydrogens (primary N) is 1. The van der Waals surface area contributed by atoms with Gasteiger partial charge in [-0.25, -0.2) is 9.97 Å². The van der Waals surface area contributed by atoms with Crippen LogP contribution in [-0.4, -0.2) is 27.4 Å². The van der Waals surface area contributed by atoms with Gasteiger partial charge in [0, 0.05) is 18.8 Å². The Kier molecular flexibility index (Phi) is 4.30. The van der Waals surface area contributed by atoms with E-state index in [-0.39, 0.29) is 11.9 Å². The molecule has 1 atom stereocenters. The summed E-state index contributed by atoms with van der Waals surface area (Å²) in [6, 6.07) is 5.98. The summed E-state index contributed by atoms with van der Waals surface area (Å²) in [6.45, 7) is 2.62. The zero-order chi connectivity index (χ0) is 18.1. The van der Waals surface area contributed by atoms with Crippen LogP contribution in [0.3, 0.4) is 0 Å². The number of aryl methyl sites for hydroxylation is 1. The summed E-state index contributed by atoms with van der Waals surface area (Å²) in [6.07, 6.45) is 5.99. The molecule has 4 N–H and O–H groups in total. The van der Waals surface area contributed by atoms with E-state index in [1.54, 1.807) is 12.4 Å². The Morgan fingerprint density at radius 1 is 1.46 bits per heavy atom. The minimum absolute atomic E-state index is 0.0562. The van der Waals surface area contributed by atoms with Gasteiger partial charge in [-0.15, -0.1) is 0 Å². The minimum atomic E-state index is -0.173. The molecule has 2 heterocycles. The van der Waals surface area contributed by atoms with Gasteiger partial charge in [-0.2, -0.15) is 0 Å². The standard InChI is InChI=1S/C19H21N5O2/c1-2-7-21-19(25)14-9-22-18-17(14)24-16(10-23-18)26-12-5-3-11-4-6-15(20)13(11)8-12/h3,5,8-10,15H,2,4,6-7,20H2,1H3,(H,21,25)(H,22,23)/t15-/m0/s1. The van der Waals surface area contributed by atoms with E-state index in [9.17, 15) is 4.79 Å². The lowest BCUT2D eigenvalue weighted by atomic mass is 10.1. The molecule has 0 aliphatic heterocycles. The second-order valence-corrected chi connectivity index (χ2v) is 6.47. The lowest BCUT2D eigenvalue weighted by Crippen LogP contribution is -2.23. The van der Waals surface area contributed by atoms with Gasteiger partial charge in [0.15, 0.2) is 5.65 Å². The van der Waals surface area contributed by atoms with Crippen molar-refractivity contribution in [2.45, 2.75) is 32.2 Å². The van der Waals surface area contributed by atoms with Crippen molar-refractivity contribution in [1.82, 2.24) is 20.3 Å². The monoisotopic (exact) mass is 351 g/mol. The summed E-state index contributed by atoms with van der Waals surface area (Å²) >= 11 is 0. The second kappa shape index (κ2) is 6.76. The number of carbonyl (C=O) groups excluding carboxylic acids is 1. The lowest BCUT2D eigenvalue weighted by molar-refractivity contribution is 0.0955. The van der Waals surface area contributed by atoms with Gasteiger partial charge in [-0.3, -0.25) is 4.79 Å². The Hall–Kier alpha value is -2.93. The number of carbonyl (C=O) groups is 1. The van der Waals surface area contributed by atoms with Crippen molar-refractivity contribution in [3.8, 4) is 11.6 Å². The first-order valence-electron chi connectivity index (χ1n) is 8.84. The Morgan fingerprint density at radius 3 is 3.19 bits per heavy atom. The average molecular weight is 351 g/mol. The van der Waals surface area contributed by atoms with Crippen LogP contribution < -0.4 is 15.8 Å². The van der Waals surface area contributed by atoms with E-state index in [1.807, 2.05) is 25.1 Å². The molecule has 7 heteroatoms. The van der Waals surface area contributed by atoms with Gasteiger partial charge in [0.05, 0.1) is 11.8 Å². The van der Waals surface area contributed by atoms with Crippen LogP contribution in [0.2, 0.25) is 0 Å². The molecule has 0 saturated carbocycles. The largest absolute Gasteiger partial charge is 0.437 e. The normalized spacial score (nSPS) is 15.8. The fraction of sp³-hybridized carbons (Fsp3) is 0.316. The van der Waals surface area contributed by atoms with Crippen LogP contribution >= 0.6 is 0 Å². The zero-order valence-corrected chi connectivity index (χ0v) is 14.6. The third-order valence-electron chi connectivity index (χ3n) is 4.60. The second-order valence-electron chi connectivity index (χ2n) is 6.47. The van der Waals surface area contributed by atoms with E-state index < -0.39 is 0 Å². The molecule has 2 aromatic heterocycles. The number of benzene rings is 1. The molecule has 1 amide bonds. The van der Waals surface area contributed by atoms with Crippen LogP contribution in [-0.2, 0) is 6.42 Å². The predicted octanol–water partition coefficient (Wildman–Crippen LogP) is 2.84. The molecule has 0 fully saturated rings. The molecule has 1 aliphatic rings. The maximum absolute atomic E-state index is 12.3. The quantitative estimate of drug-likeness (QED) is 0.655. The summed E-state index contributed by atoms with van der Waals surface area (Å²) < 4.78 is 5.87. The summed E-state index contributed by atoms with van der Waals surface area (Å²) in [5.41, 5.74) is 10.0. The number of H-pyrrole nitrogens is 1. The number of nitrogens with one attached hydrogen (secondary N) is 2. The number of ether oxygens (including phenoxy) is 1. The van der Waals surface area contributed by atoms with E-state index in [0.717, 1.165) is 24.8 Å². The zero-order valence-electron chi connectivity index (χ0n) is 14.6. The maximum Gasteiger partial charge on any atom is 0.255 e. The molecule has 26 heavy (non-hydrogen) atoms. The number of rotatable bonds is 5. The third-order valence-corrected chi connectivity index (χ3v) is 4.60. The van der Waals surface area contributed by atoms with Crippen molar-refractivity contribution in [2.75, 3.05) is 6.54 Å². The smallest absolute Gasteiger partial charge is 0.255 e. The highest BCUT2D eigenvalue weighted by Gasteiger charge is 2.20. The summed E-state index contributed by atoms with van der Waals surface area (Å²) in [5, 5.41) is 2.85. The van der Waals surface area contributed by atoms with E-state index in [0.29, 0.717) is 34.9 Å². The number of aromatic nitrogens is 3. The number of hydrogen-bond donors (Lipinski definition) is 3. The number of aromatic amines is 1. The van der Waals surface area contributed by atoms with Crippen LogP contribution in [0, 0.1) is 0 Å². The molecule has 0 unspecified atom stereocenters. The van der Waals surface area contributed by atoms with Gasteiger partial charge in [-0.1, -0.05) is 13.0 Å². The molecule has 0 radical (unpaired) electrons. The number of hydrogen-bond acceptors (Lipinski definition) is 5. The molecule has 7 nitrogen and oxygen atoms in total. The molecule has 1 aromatic carbocycles. The molecule has 1 aliphatic carbocycles. The van der Waals surface area contributed by atoms with Gasteiger partial charge in [0.2, 0.25) is 5.88 Å². The van der Waals surface area contributed by atoms with Crippen molar-refractivity contribution in [3.63, 3.8) is 0 Å². The highest BCUT2D eigenvalue weighted by molar-refractivity contribution is 6.04.